The second-order valence-electron chi connectivity index (χ2n) is 8.99. The summed E-state index contributed by atoms with van der Waals surface area (Å²) in [5.74, 6) is 1.84. The molecule has 1 N–H and O–H groups in total. The topological polar surface area (TPSA) is 71.8 Å². The summed E-state index contributed by atoms with van der Waals surface area (Å²) < 4.78 is 7.18. The van der Waals surface area contributed by atoms with Gasteiger partial charge in [-0.1, -0.05) is 11.6 Å². The van der Waals surface area contributed by atoms with Crippen LogP contribution in [0.1, 0.15) is 24.1 Å². The Kier molecular flexibility index (Phi) is 6.34. The lowest BCUT2D eigenvalue weighted by Gasteiger charge is -2.33. The molecule has 5 rings (SSSR count). The molecule has 0 aliphatic carbocycles. The van der Waals surface area contributed by atoms with E-state index >= 15 is 0 Å². The van der Waals surface area contributed by atoms with E-state index in [1.54, 1.807) is 13.2 Å². The van der Waals surface area contributed by atoms with Crippen molar-refractivity contribution in [3.63, 3.8) is 0 Å². The molecule has 1 aliphatic heterocycles. The first-order chi connectivity index (χ1) is 16.9. The van der Waals surface area contributed by atoms with Crippen molar-refractivity contribution in [1.29, 1.82) is 0 Å². The first-order valence-electron chi connectivity index (χ1n) is 11.7. The van der Waals surface area contributed by atoms with Gasteiger partial charge < -0.3 is 15.0 Å². The van der Waals surface area contributed by atoms with E-state index in [4.69, 9.17) is 26.4 Å². The minimum atomic E-state index is -0.0350. The molecule has 0 unspecified atom stereocenters. The summed E-state index contributed by atoms with van der Waals surface area (Å²) in [4.78, 5) is 19.9. The number of nitrogens with zero attached hydrogens (tertiary/aromatic N) is 4. The molecule has 8 heteroatoms. The summed E-state index contributed by atoms with van der Waals surface area (Å²) in [6, 6.07) is 17.5. The highest BCUT2D eigenvalue weighted by atomic mass is 35.5. The Morgan fingerprint density at radius 2 is 1.80 bits per heavy atom. The van der Waals surface area contributed by atoms with Crippen LogP contribution in [0.15, 0.2) is 54.6 Å². The number of fused-ring (bicyclic) bond motifs is 1. The fourth-order valence-electron chi connectivity index (χ4n) is 4.58. The first-order valence-corrected chi connectivity index (χ1v) is 12.1. The van der Waals surface area contributed by atoms with Gasteiger partial charge in [-0.25, -0.2) is 4.98 Å². The number of carbonyl (C=O) groups is 1. The van der Waals surface area contributed by atoms with Gasteiger partial charge in [0, 0.05) is 53.1 Å². The Bertz CT molecular complexity index is 1370. The van der Waals surface area contributed by atoms with Crippen LogP contribution in [-0.4, -0.2) is 40.7 Å². The van der Waals surface area contributed by atoms with E-state index in [0.29, 0.717) is 5.02 Å². The summed E-state index contributed by atoms with van der Waals surface area (Å²) in [7, 11) is 1.66. The summed E-state index contributed by atoms with van der Waals surface area (Å²) in [5, 5.41) is 8.61. The van der Waals surface area contributed by atoms with Crippen LogP contribution >= 0.6 is 11.6 Å². The number of anilines is 2. The van der Waals surface area contributed by atoms with E-state index in [9.17, 15) is 4.79 Å². The van der Waals surface area contributed by atoms with Gasteiger partial charge in [0.1, 0.15) is 11.6 Å². The van der Waals surface area contributed by atoms with Gasteiger partial charge in [-0.3, -0.25) is 4.79 Å². The van der Waals surface area contributed by atoms with Crippen molar-refractivity contribution in [2.45, 2.75) is 26.7 Å². The molecule has 0 spiro atoms. The molecule has 0 atom stereocenters. The Balaban J connectivity index is 1.32. The van der Waals surface area contributed by atoms with Gasteiger partial charge in [0.25, 0.3) is 0 Å². The summed E-state index contributed by atoms with van der Waals surface area (Å²) in [5.41, 5.74) is 5.39. The van der Waals surface area contributed by atoms with Crippen molar-refractivity contribution in [1.82, 2.24) is 14.6 Å². The molecule has 180 valence electrons. The van der Waals surface area contributed by atoms with E-state index < -0.39 is 0 Å². The molecule has 2 aromatic heterocycles. The maximum Gasteiger partial charge on any atom is 0.227 e. The van der Waals surface area contributed by atoms with Crippen LogP contribution < -0.4 is 15.0 Å². The molecular weight excluding hydrogens is 462 g/mol. The van der Waals surface area contributed by atoms with Gasteiger partial charge in [0.2, 0.25) is 5.91 Å². The molecule has 2 aromatic carbocycles. The highest BCUT2D eigenvalue weighted by Gasteiger charge is 2.27. The number of ether oxygens (including phenoxy) is 1. The normalized spacial score (nSPS) is 14.3. The van der Waals surface area contributed by atoms with Gasteiger partial charge >= 0.3 is 0 Å². The van der Waals surface area contributed by atoms with Crippen molar-refractivity contribution in [2.75, 3.05) is 30.4 Å². The third kappa shape index (κ3) is 4.82. The molecule has 35 heavy (non-hydrogen) atoms. The maximum absolute atomic E-state index is 12.9. The molecule has 1 amide bonds. The van der Waals surface area contributed by atoms with Crippen LogP contribution in [0.5, 0.6) is 5.75 Å². The minimum Gasteiger partial charge on any atom is -0.497 e. The Labute approximate surface area is 209 Å². The molecule has 3 heterocycles. The fraction of sp³-hybridized carbons (Fsp3) is 0.296. The smallest absolute Gasteiger partial charge is 0.227 e. The fourth-order valence-corrected chi connectivity index (χ4v) is 4.81. The molecule has 1 fully saturated rings. The molecule has 0 bridgehead atoms. The lowest BCUT2D eigenvalue weighted by atomic mass is 9.95. The van der Waals surface area contributed by atoms with E-state index in [0.717, 1.165) is 71.3 Å². The summed E-state index contributed by atoms with van der Waals surface area (Å²) in [6.07, 6.45) is 1.54. The standard InChI is InChI=1S/C27H28ClN5O2/c1-17-14-21(28)6-9-23(17)30-27(34)20-10-12-32(13-11-20)26-15-18(2)29-25-16-24(31-33(25)26)19-4-7-22(35-3)8-5-19/h4-9,14-16,20H,10-13H2,1-3H3,(H,30,34). The predicted octanol–water partition coefficient (Wildman–Crippen LogP) is 5.53. The number of nitrogens with one attached hydrogen (secondary N) is 1. The van der Waals surface area contributed by atoms with Gasteiger partial charge in [-0.2, -0.15) is 9.61 Å². The number of hydrogen-bond donors (Lipinski definition) is 1. The molecule has 1 aliphatic rings. The number of amides is 1. The number of benzene rings is 2. The third-order valence-corrected chi connectivity index (χ3v) is 6.79. The van der Waals surface area contributed by atoms with Crippen LogP contribution in [-0.2, 0) is 4.79 Å². The molecule has 0 radical (unpaired) electrons. The van der Waals surface area contributed by atoms with Gasteiger partial charge in [0.05, 0.1) is 12.8 Å². The highest BCUT2D eigenvalue weighted by molar-refractivity contribution is 6.30. The van der Waals surface area contributed by atoms with Gasteiger partial charge in [-0.05, 0) is 74.7 Å². The molecule has 4 aromatic rings. The average Bonchev–Trinajstić information content (AvgIpc) is 3.29. The lowest BCUT2D eigenvalue weighted by Crippen LogP contribution is -2.39. The van der Waals surface area contributed by atoms with E-state index in [1.807, 2.05) is 60.8 Å². The summed E-state index contributed by atoms with van der Waals surface area (Å²) in [6.45, 7) is 5.49. The van der Waals surface area contributed by atoms with Crippen molar-refractivity contribution in [2.24, 2.45) is 5.92 Å². The van der Waals surface area contributed by atoms with E-state index in [1.165, 1.54) is 0 Å². The largest absolute Gasteiger partial charge is 0.497 e. The SMILES string of the molecule is COc1ccc(-c2cc3nc(C)cc(N4CCC(C(=O)Nc5ccc(Cl)cc5C)CC4)n3n2)cc1. The minimum absolute atomic E-state index is 0.0350. The number of halogens is 1. The van der Waals surface area contributed by atoms with Crippen molar-refractivity contribution >= 4 is 34.7 Å². The van der Waals surface area contributed by atoms with Gasteiger partial charge in [0.15, 0.2) is 5.65 Å². The first kappa shape index (κ1) is 23.2. The van der Waals surface area contributed by atoms with Crippen LogP contribution in [0, 0.1) is 19.8 Å². The van der Waals surface area contributed by atoms with Crippen molar-refractivity contribution < 1.29 is 9.53 Å². The third-order valence-electron chi connectivity index (χ3n) is 6.56. The Morgan fingerprint density at radius 1 is 1.06 bits per heavy atom. The number of hydrogen-bond acceptors (Lipinski definition) is 5. The van der Waals surface area contributed by atoms with Gasteiger partial charge in [-0.15, -0.1) is 0 Å². The second kappa shape index (κ2) is 9.58. The molecule has 1 saturated heterocycles. The van der Waals surface area contributed by atoms with Crippen molar-refractivity contribution in [3.8, 4) is 17.0 Å². The van der Waals surface area contributed by atoms with Crippen LogP contribution in [0.3, 0.4) is 0 Å². The van der Waals surface area contributed by atoms with Crippen LogP contribution in [0.4, 0.5) is 11.5 Å². The highest BCUT2D eigenvalue weighted by Crippen LogP contribution is 2.29. The number of piperidine rings is 1. The van der Waals surface area contributed by atoms with E-state index in [-0.39, 0.29) is 11.8 Å². The number of aromatic nitrogens is 3. The van der Waals surface area contributed by atoms with Crippen molar-refractivity contribution in [3.05, 3.63) is 70.9 Å². The number of carbonyl (C=O) groups excluding carboxylic acids is 1. The zero-order valence-corrected chi connectivity index (χ0v) is 20.8. The zero-order valence-electron chi connectivity index (χ0n) is 20.1. The monoisotopic (exact) mass is 489 g/mol. The van der Waals surface area contributed by atoms with Crippen LogP contribution in [0.25, 0.3) is 16.9 Å². The maximum atomic E-state index is 12.9. The quantitative estimate of drug-likeness (QED) is 0.399. The Hall–Kier alpha value is -3.58. The predicted molar refractivity (Wildman–Crippen MR) is 139 cm³/mol. The number of aryl methyl sites for hydroxylation is 2. The lowest BCUT2D eigenvalue weighted by molar-refractivity contribution is -0.120. The summed E-state index contributed by atoms with van der Waals surface area (Å²) >= 11 is 6.04. The Morgan fingerprint density at radius 3 is 2.49 bits per heavy atom. The number of rotatable bonds is 5. The molecular formula is C27H28ClN5O2. The van der Waals surface area contributed by atoms with E-state index in [2.05, 4.69) is 16.3 Å². The second-order valence-corrected chi connectivity index (χ2v) is 9.43. The van der Waals surface area contributed by atoms with Crippen LogP contribution in [0.2, 0.25) is 5.02 Å². The number of methoxy groups -OCH3 is 1. The molecule has 7 nitrogen and oxygen atoms in total. The average molecular weight is 490 g/mol. The zero-order chi connectivity index (χ0) is 24.5. The molecule has 0 saturated carbocycles.